The molecule has 100 valence electrons. The van der Waals surface area contributed by atoms with Crippen LogP contribution in [0.25, 0.3) is 0 Å². The highest BCUT2D eigenvalue weighted by molar-refractivity contribution is 8.03. The molecule has 2 heterocycles. The molecule has 1 saturated heterocycles. The molecule has 0 N–H and O–H groups in total. The molecule has 0 aromatic heterocycles. The lowest BCUT2D eigenvalue weighted by atomic mass is 10.2. The van der Waals surface area contributed by atoms with Crippen molar-refractivity contribution in [1.82, 2.24) is 0 Å². The van der Waals surface area contributed by atoms with Gasteiger partial charge in [0.1, 0.15) is 0 Å². The summed E-state index contributed by atoms with van der Waals surface area (Å²) in [4.78, 5) is 17.0. The van der Waals surface area contributed by atoms with Gasteiger partial charge in [0.25, 0.3) is 0 Å². The molecule has 0 aliphatic carbocycles. The van der Waals surface area contributed by atoms with Gasteiger partial charge in [0.15, 0.2) is 5.78 Å². The van der Waals surface area contributed by atoms with E-state index in [4.69, 9.17) is 0 Å². The molecule has 4 heteroatoms. The third kappa shape index (κ3) is 2.37. The van der Waals surface area contributed by atoms with Gasteiger partial charge in [0, 0.05) is 36.8 Å². The van der Waals surface area contributed by atoms with Crippen molar-refractivity contribution in [2.75, 3.05) is 29.9 Å². The van der Waals surface area contributed by atoms with Gasteiger partial charge in [0.05, 0.1) is 10.7 Å². The molecule has 0 unspecified atom stereocenters. The lowest BCUT2D eigenvalue weighted by molar-refractivity contribution is -0.112. The summed E-state index contributed by atoms with van der Waals surface area (Å²) in [5, 5.41) is 1.01. The maximum Gasteiger partial charge on any atom is 0.155 e. The summed E-state index contributed by atoms with van der Waals surface area (Å²) in [7, 11) is 2.03. The fraction of sp³-hybridized carbons (Fsp3) is 0.400. The van der Waals surface area contributed by atoms with Crippen molar-refractivity contribution < 1.29 is 4.79 Å². The zero-order valence-corrected chi connectivity index (χ0v) is 12.2. The van der Waals surface area contributed by atoms with Crippen LogP contribution in [-0.2, 0) is 4.79 Å². The largest absolute Gasteiger partial charge is 0.371 e. The number of hydrogen-bond donors (Lipinski definition) is 0. The van der Waals surface area contributed by atoms with E-state index in [1.807, 2.05) is 7.05 Å². The Hall–Kier alpha value is -1.42. The fourth-order valence-corrected chi connectivity index (χ4v) is 3.75. The number of carbonyl (C=O) groups excluding carboxylic acids is 1. The molecule has 3 nitrogen and oxygen atoms in total. The van der Waals surface area contributed by atoms with Crippen LogP contribution in [0.5, 0.6) is 0 Å². The van der Waals surface area contributed by atoms with E-state index >= 15 is 0 Å². The predicted molar refractivity (Wildman–Crippen MR) is 80.9 cm³/mol. The van der Waals surface area contributed by atoms with E-state index in [1.54, 1.807) is 24.8 Å². The highest BCUT2D eigenvalue weighted by Gasteiger charge is 2.24. The van der Waals surface area contributed by atoms with Gasteiger partial charge in [-0.1, -0.05) is 11.8 Å². The van der Waals surface area contributed by atoms with E-state index in [2.05, 4.69) is 28.0 Å². The predicted octanol–water partition coefficient (Wildman–Crippen LogP) is 3.26. The van der Waals surface area contributed by atoms with Crippen LogP contribution in [0.1, 0.15) is 19.8 Å². The number of carbonyl (C=O) groups is 1. The van der Waals surface area contributed by atoms with Gasteiger partial charge < -0.3 is 9.80 Å². The average Bonchev–Trinajstić information content (AvgIpc) is 2.99. The van der Waals surface area contributed by atoms with Crippen LogP contribution < -0.4 is 9.80 Å². The Balaban J connectivity index is 1.91. The zero-order chi connectivity index (χ0) is 13.4. The van der Waals surface area contributed by atoms with Gasteiger partial charge in [-0.2, -0.15) is 0 Å². The van der Waals surface area contributed by atoms with Gasteiger partial charge in [0.2, 0.25) is 0 Å². The van der Waals surface area contributed by atoms with E-state index in [-0.39, 0.29) is 5.78 Å². The van der Waals surface area contributed by atoms with Crippen molar-refractivity contribution in [2.45, 2.75) is 24.7 Å². The Morgan fingerprint density at radius 1 is 1.32 bits per heavy atom. The van der Waals surface area contributed by atoms with Crippen LogP contribution in [-0.4, -0.2) is 25.9 Å². The number of nitrogens with zero attached hydrogens (tertiary/aromatic N) is 2. The Morgan fingerprint density at radius 3 is 2.74 bits per heavy atom. The highest BCUT2D eigenvalue weighted by atomic mass is 32.2. The van der Waals surface area contributed by atoms with E-state index in [9.17, 15) is 4.79 Å². The normalized spacial score (nSPS) is 20.2. The second-order valence-electron chi connectivity index (χ2n) is 5.10. The van der Waals surface area contributed by atoms with Gasteiger partial charge >= 0.3 is 0 Å². The first-order valence-corrected chi connectivity index (χ1v) is 7.49. The Labute approximate surface area is 118 Å². The first-order valence-electron chi connectivity index (χ1n) is 6.68. The maximum absolute atomic E-state index is 11.2. The van der Waals surface area contributed by atoms with Crippen LogP contribution in [0, 0.1) is 0 Å². The minimum absolute atomic E-state index is 0.0990. The molecule has 0 atom stereocenters. The molecule has 2 aliphatic heterocycles. The second-order valence-corrected chi connectivity index (χ2v) is 6.16. The molecular weight excluding hydrogens is 256 g/mol. The summed E-state index contributed by atoms with van der Waals surface area (Å²) in [6.07, 6.45) is 4.29. The number of benzene rings is 1. The monoisotopic (exact) mass is 274 g/mol. The van der Waals surface area contributed by atoms with E-state index in [0.29, 0.717) is 0 Å². The minimum atomic E-state index is 0.0990. The summed E-state index contributed by atoms with van der Waals surface area (Å²) in [6.45, 7) is 3.91. The summed E-state index contributed by atoms with van der Waals surface area (Å²) in [5.41, 5.74) is 2.51. The van der Waals surface area contributed by atoms with Gasteiger partial charge in [-0.05, 0) is 38.0 Å². The summed E-state index contributed by atoms with van der Waals surface area (Å²) < 4.78 is 0. The van der Waals surface area contributed by atoms with Gasteiger partial charge in [-0.25, -0.2) is 0 Å². The molecule has 0 saturated carbocycles. The fourth-order valence-electron chi connectivity index (χ4n) is 2.63. The van der Waals surface area contributed by atoms with Crippen molar-refractivity contribution in [3.8, 4) is 0 Å². The van der Waals surface area contributed by atoms with Crippen molar-refractivity contribution in [2.24, 2.45) is 0 Å². The number of allylic oxidation sites excluding steroid dienone is 1. The maximum atomic E-state index is 11.2. The molecule has 0 amide bonds. The summed E-state index contributed by atoms with van der Waals surface area (Å²) in [6, 6.07) is 6.61. The quantitative estimate of drug-likeness (QED) is 0.772. The van der Waals surface area contributed by atoms with Crippen molar-refractivity contribution in [3.63, 3.8) is 0 Å². The Bertz CT molecular complexity index is 547. The molecule has 1 aromatic carbocycles. The first kappa shape index (κ1) is 12.6. The van der Waals surface area contributed by atoms with Crippen molar-refractivity contribution in [1.29, 1.82) is 0 Å². The molecule has 1 fully saturated rings. The SMILES string of the molecule is CC(=O)/C=C1\Sc2ccc(N3CCCC3)cc2N1C. The molecule has 2 aliphatic rings. The van der Waals surface area contributed by atoms with Crippen LogP contribution in [0.15, 0.2) is 34.2 Å². The first-order chi connectivity index (χ1) is 9.15. The summed E-state index contributed by atoms with van der Waals surface area (Å²) >= 11 is 1.67. The molecule has 0 spiro atoms. The van der Waals surface area contributed by atoms with Crippen molar-refractivity contribution in [3.05, 3.63) is 29.3 Å². The lowest BCUT2D eigenvalue weighted by Crippen LogP contribution is -2.18. The molecule has 0 radical (unpaired) electrons. The highest BCUT2D eigenvalue weighted by Crippen LogP contribution is 2.46. The molecule has 1 aromatic rings. The van der Waals surface area contributed by atoms with Crippen LogP contribution >= 0.6 is 11.8 Å². The number of fused-ring (bicyclic) bond motifs is 1. The van der Waals surface area contributed by atoms with Gasteiger partial charge in [-0.15, -0.1) is 0 Å². The van der Waals surface area contributed by atoms with Crippen LogP contribution in [0.3, 0.4) is 0 Å². The Morgan fingerprint density at radius 2 is 2.05 bits per heavy atom. The van der Waals surface area contributed by atoms with E-state index in [1.165, 1.54) is 29.1 Å². The molecule has 3 rings (SSSR count). The van der Waals surface area contributed by atoms with Crippen LogP contribution in [0.2, 0.25) is 0 Å². The molecule has 19 heavy (non-hydrogen) atoms. The van der Waals surface area contributed by atoms with E-state index < -0.39 is 0 Å². The van der Waals surface area contributed by atoms with E-state index in [0.717, 1.165) is 18.1 Å². The number of thioether (sulfide) groups is 1. The van der Waals surface area contributed by atoms with Crippen LogP contribution in [0.4, 0.5) is 11.4 Å². The number of anilines is 2. The summed E-state index contributed by atoms with van der Waals surface area (Å²) in [5.74, 6) is 0.0990. The van der Waals surface area contributed by atoms with Gasteiger partial charge in [-0.3, -0.25) is 4.79 Å². The van der Waals surface area contributed by atoms with Crippen molar-refractivity contribution >= 4 is 28.9 Å². The Kier molecular flexibility index (Phi) is 3.27. The average molecular weight is 274 g/mol. The number of ketones is 1. The lowest BCUT2D eigenvalue weighted by Gasteiger charge is -2.20. The number of rotatable bonds is 2. The third-order valence-electron chi connectivity index (χ3n) is 3.65. The topological polar surface area (TPSA) is 23.6 Å². The zero-order valence-electron chi connectivity index (χ0n) is 11.3. The second kappa shape index (κ2) is 4.93. The minimum Gasteiger partial charge on any atom is -0.371 e. The number of hydrogen-bond acceptors (Lipinski definition) is 4. The smallest absolute Gasteiger partial charge is 0.155 e. The molecule has 0 bridgehead atoms. The standard InChI is InChI=1S/C15H18N2OS/c1-11(18)9-15-16(2)13-10-12(5-6-14(13)19-15)17-7-3-4-8-17/h5-6,9-10H,3-4,7-8H2,1-2H3/b15-9-. The molecular formula is C15H18N2OS. The third-order valence-corrected chi connectivity index (χ3v) is 4.81.